The van der Waals surface area contributed by atoms with Crippen molar-refractivity contribution >= 4 is 11.8 Å². The van der Waals surface area contributed by atoms with Gasteiger partial charge in [-0.2, -0.15) is 13.2 Å². The van der Waals surface area contributed by atoms with Gasteiger partial charge in [-0.05, 0) is 25.1 Å². The third-order valence-electron chi connectivity index (χ3n) is 1.58. The molecule has 0 radical (unpaired) electrons. The van der Waals surface area contributed by atoms with E-state index >= 15 is 0 Å². The molecule has 0 heterocycles. The lowest BCUT2D eigenvalue weighted by Gasteiger charge is -2.12. The predicted octanol–water partition coefficient (Wildman–Crippen LogP) is 3.02. The molecule has 0 aliphatic heterocycles. The van der Waals surface area contributed by atoms with Gasteiger partial charge in [0.25, 0.3) is 0 Å². The van der Waals surface area contributed by atoms with E-state index in [0.717, 1.165) is 12.8 Å². The van der Waals surface area contributed by atoms with Crippen LogP contribution in [-0.4, -0.2) is 23.8 Å². The Kier molecular flexibility index (Phi) is 6.59. The molecule has 0 bridgehead atoms. The first kappa shape index (κ1) is 13.1. The Morgan fingerprint density at radius 2 is 2.00 bits per heavy atom. The number of hydrogen-bond acceptors (Lipinski definition) is 2. The topological polar surface area (TPSA) is 12.0 Å². The summed E-state index contributed by atoms with van der Waals surface area (Å²) >= 11 is 0.0311. The van der Waals surface area contributed by atoms with Crippen LogP contribution in [-0.2, 0) is 0 Å². The molecule has 0 fully saturated rings. The standard InChI is InChI=1S/C8H16F3NS/c1-3-4-7(2)12-5-6-13-8(9,10)11/h7,12H,3-6H2,1-2H3. The predicted molar refractivity (Wildman–Crippen MR) is 50.9 cm³/mol. The van der Waals surface area contributed by atoms with Crippen LogP contribution in [0.3, 0.4) is 0 Å². The summed E-state index contributed by atoms with van der Waals surface area (Å²) in [5.74, 6) is 0.0948. The maximum atomic E-state index is 11.7. The van der Waals surface area contributed by atoms with E-state index in [4.69, 9.17) is 0 Å². The zero-order chi connectivity index (χ0) is 10.3. The third-order valence-corrected chi connectivity index (χ3v) is 2.32. The van der Waals surface area contributed by atoms with Crippen LogP contribution in [0.5, 0.6) is 0 Å². The Hall–Kier alpha value is 0.100. The van der Waals surface area contributed by atoms with E-state index in [2.05, 4.69) is 12.2 Å². The third kappa shape index (κ3) is 10.0. The SMILES string of the molecule is CCCC(C)NCCSC(F)(F)F. The molecule has 0 aromatic carbocycles. The maximum absolute atomic E-state index is 11.7. The van der Waals surface area contributed by atoms with Crippen molar-refractivity contribution in [1.82, 2.24) is 5.32 Å². The summed E-state index contributed by atoms with van der Waals surface area (Å²) < 4.78 is 35.0. The average Bonchev–Trinajstić information content (AvgIpc) is 1.97. The minimum atomic E-state index is -4.09. The summed E-state index contributed by atoms with van der Waals surface area (Å²) in [6.07, 6.45) is 2.07. The monoisotopic (exact) mass is 215 g/mol. The van der Waals surface area contributed by atoms with Gasteiger partial charge in [0, 0.05) is 18.3 Å². The van der Waals surface area contributed by atoms with E-state index in [-0.39, 0.29) is 17.5 Å². The van der Waals surface area contributed by atoms with Crippen LogP contribution in [0.1, 0.15) is 26.7 Å². The first-order valence-corrected chi connectivity index (χ1v) is 5.38. The molecule has 0 saturated carbocycles. The molecule has 1 unspecified atom stereocenters. The average molecular weight is 215 g/mol. The fraction of sp³-hybridized carbons (Fsp3) is 1.00. The lowest BCUT2D eigenvalue weighted by molar-refractivity contribution is -0.0327. The molecule has 1 nitrogen and oxygen atoms in total. The fourth-order valence-electron chi connectivity index (χ4n) is 1.01. The van der Waals surface area contributed by atoms with Crippen molar-refractivity contribution in [2.45, 2.75) is 38.2 Å². The van der Waals surface area contributed by atoms with E-state index in [9.17, 15) is 13.2 Å². The molecule has 0 aliphatic rings. The smallest absolute Gasteiger partial charge is 0.313 e. The quantitative estimate of drug-likeness (QED) is 0.683. The molecule has 0 aromatic rings. The summed E-state index contributed by atoms with van der Waals surface area (Å²) in [6, 6.07) is 0.318. The first-order chi connectivity index (χ1) is 5.95. The van der Waals surface area contributed by atoms with E-state index in [0.29, 0.717) is 12.6 Å². The molecule has 0 spiro atoms. The van der Waals surface area contributed by atoms with Gasteiger partial charge in [-0.1, -0.05) is 13.3 Å². The van der Waals surface area contributed by atoms with Crippen LogP contribution in [0.4, 0.5) is 13.2 Å². The minimum absolute atomic E-state index is 0.0311. The van der Waals surface area contributed by atoms with Crippen LogP contribution in [0, 0.1) is 0 Å². The van der Waals surface area contributed by atoms with Gasteiger partial charge >= 0.3 is 5.51 Å². The van der Waals surface area contributed by atoms with Crippen molar-refractivity contribution in [3.05, 3.63) is 0 Å². The van der Waals surface area contributed by atoms with Crippen LogP contribution >= 0.6 is 11.8 Å². The number of rotatable bonds is 6. The number of thioether (sulfide) groups is 1. The highest BCUT2D eigenvalue weighted by Gasteiger charge is 2.27. The molecule has 80 valence electrons. The molecule has 0 rings (SSSR count). The summed E-state index contributed by atoms with van der Waals surface area (Å²) in [7, 11) is 0. The van der Waals surface area contributed by atoms with Crippen molar-refractivity contribution in [2.75, 3.05) is 12.3 Å². The van der Waals surface area contributed by atoms with E-state index in [1.165, 1.54) is 0 Å². The van der Waals surface area contributed by atoms with Crippen molar-refractivity contribution < 1.29 is 13.2 Å². The Morgan fingerprint density at radius 1 is 1.38 bits per heavy atom. The molecular formula is C8H16F3NS. The van der Waals surface area contributed by atoms with Gasteiger partial charge in [-0.25, -0.2) is 0 Å². The van der Waals surface area contributed by atoms with E-state index < -0.39 is 5.51 Å². The largest absolute Gasteiger partial charge is 0.441 e. The molecule has 0 aliphatic carbocycles. The minimum Gasteiger partial charge on any atom is -0.313 e. The first-order valence-electron chi connectivity index (χ1n) is 4.39. The second-order valence-corrected chi connectivity index (χ2v) is 4.10. The number of nitrogens with one attached hydrogen (secondary N) is 1. The lowest BCUT2D eigenvalue weighted by atomic mass is 10.2. The van der Waals surface area contributed by atoms with Gasteiger partial charge in [0.2, 0.25) is 0 Å². The van der Waals surface area contributed by atoms with Crippen molar-refractivity contribution in [2.24, 2.45) is 0 Å². The zero-order valence-electron chi connectivity index (χ0n) is 7.95. The Bertz CT molecular complexity index is 127. The van der Waals surface area contributed by atoms with Crippen molar-refractivity contribution in [1.29, 1.82) is 0 Å². The molecule has 1 atom stereocenters. The van der Waals surface area contributed by atoms with Gasteiger partial charge in [0.1, 0.15) is 0 Å². The van der Waals surface area contributed by atoms with E-state index in [1.807, 2.05) is 6.92 Å². The molecule has 5 heteroatoms. The van der Waals surface area contributed by atoms with Gasteiger partial charge in [-0.15, -0.1) is 0 Å². The highest BCUT2D eigenvalue weighted by molar-refractivity contribution is 8.00. The van der Waals surface area contributed by atoms with Gasteiger partial charge in [-0.3, -0.25) is 0 Å². The van der Waals surface area contributed by atoms with Crippen LogP contribution in [0.15, 0.2) is 0 Å². The molecule has 0 aromatic heterocycles. The van der Waals surface area contributed by atoms with Crippen LogP contribution in [0.2, 0.25) is 0 Å². The molecule has 13 heavy (non-hydrogen) atoms. The van der Waals surface area contributed by atoms with Gasteiger partial charge < -0.3 is 5.32 Å². The highest BCUT2D eigenvalue weighted by Crippen LogP contribution is 2.29. The van der Waals surface area contributed by atoms with Gasteiger partial charge in [0.05, 0.1) is 0 Å². The number of hydrogen-bond donors (Lipinski definition) is 1. The zero-order valence-corrected chi connectivity index (χ0v) is 8.76. The lowest BCUT2D eigenvalue weighted by Crippen LogP contribution is -2.28. The summed E-state index contributed by atoms with van der Waals surface area (Å²) in [6.45, 7) is 4.47. The molecular weight excluding hydrogens is 199 g/mol. The summed E-state index contributed by atoms with van der Waals surface area (Å²) in [4.78, 5) is 0. The molecule has 0 saturated heterocycles. The van der Waals surface area contributed by atoms with Crippen molar-refractivity contribution in [3.8, 4) is 0 Å². The van der Waals surface area contributed by atoms with Crippen LogP contribution < -0.4 is 5.32 Å². The fourth-order valence-corrected chi connectivity index (χ4v) is 1.46. The normalized spacial score (nSPS) is 14.5. The summed E-state index contributed by atoms with van der Waals surface area (Å²) in [5, 5.41) is 3.04. The van der Waals surface area contributed by atoms with Crippen molar-refractivity contribution in [3.63, 3.8) is 0 Å². The second kappa shape index (κ2) is 6.54. The highest BCUT2D eigenvalue weighted by atomic mass is 32.2. The Balaban J connectivity index is 3.25. The number of halogens is 3. The van der Waals surface area contributed by atoms with Gasteiger partial charge in [0.15, 0.2) is 0 Å². The molecule has 0 amide bonds. The second-order valence-electron chi connectivity index (χ2n) is 2.94. The number of alkyl halides is 3. The molecule has 1 N–H and O–H groups in total. The Morgan fingerprint density at radius 3 is 2.46 bits per heavy atom. The van der Waals surface area contributed by atoms with Crippen LogP contribution in [0.25, 0.3) is 0 Å². The summed E-state index contributed by atoms with van der Waals surface area (Å²) in [5.41, 5.74) is -4.09. The Labute approximate surface area is 81.5 Å². The van der Waals surface area contributed by atoms with E-state index in [1.54, 1.807) is 0 Å². The maximum Gasteiger partial charge on any atom is 0.441 e.